The molecule has 0 unspecified atom stereocenters. The molecule has 0 radical (unpaired) electrons. The van der Waals surface area contributed by atoms with Crippen LogP contribution in [0.1, 0.15) is 5.48 Å². The maximum absolute atomic E-state index is 8.85. The zero-order valence-electron chi connectivity index (χ0n) is 8.85. The van der Waals surface area contributed by atoms with Crippen molar-refractivity contribution in [3.05, 3.63) is 29.2 Å². The lowest BCUT2D eigenvalue weighted by Crippen LogP contribution is -2.30. The molecule has 0 aliphatic carbocycles. The molecule has 0 saturated heterocycles. The van der Waals surface area contributed by atoms with Gasteiger partial charge in [0.05, 0.1) is 5.48 Å². The van der Waals surface area contributed by atoms with Crippen molar-refractivity contribution in [1.29, 1.82) is 0 Å². The second-order valence-corrected chi connectivity index (χ2v) is 1.98. The monoisotopic (exact) mass is 160 g/mol. The summed E-state index contributed by atoms with van der Waals surface area (Å²) in [6, 6.07) is -2.05. The first kappa shape index (κ1) is 3.76. The van der Waals surface area contributed by atoms with Crippen LogP contribution in [0.2, 0.25) is 5.02 Å². The summed E-state index contributed by atoms with van der Waals surface area (Å²) in [7, 11) is -2.01. The first-order valence-corrected chi connectivity index (χ1v) is 2.87. The summed E-state index contributed by atoms with van der Waals surface area (Å²) in [6.45, 7) is 0. The van der Waals surface area contributed by atoms with Crippen LogP contribution >= 0.6 is 11.6 Å². The Labute approximate surface area is 69.8 Å². The third kappa shape index (κ3) is 1.50. The lowest BCUT2D eigenvalue weighted by molar-refractivity contribution is 0.426. The van der Waals surface area contributed by atoms with E-state index in [0.717, 1.165) is 0 Å². The first-order chi connectivity index (χ1) is 6.37. The normalized spacial score (nSPS) is 15.1. The maximum Gasteiger partial charge on any atom is 0.489 e. The molecule has 4 heteroatoms. The van der Waals surface area contributed by atoms with E-state index < -0.39 is 36.8 Å². The minimum Gasteiger partial charge on any atom is -0.423 e. The molecule has 0 fully saturated rings. The van der Waals surface area contributed by atoms with Gasteiger partial charge in [-0.25, -0.2) is 0 Å². The van der Waals surface area contributed by atoms with Gasteiger partial charge in [0.1, 0.15) is 0 Å². The fourth-order valence-corrected chi connectivity index (χ4v) is 0.677. The van der Waals surface area contributed by atoms with Crippen molar-refractivity contribution < 1.29 is 15.5 Å². The van der Waals surface area contributed by atoms with Crippen LogP contribution in [0.5, 0.6) is 0 Å². The molecule has 0 saturated carbocycles. The number of hydrogen-bond acceptors (Lipinski definition) is 2. The zero-order chi connectivity index (χ0) is 11.0. The van der Waals surface area contributed by atoms with Crippen molar-refractivity contribution >= 4 is 24.2 Å². The van der Waals surface area contributed by atoms with Crippen molar-refractivity contribution in [3.8, 4) is 0 Å². The molecule has 0 heterocycles. The van der Waals surface area contributed by atoms with Crippen LogP contribution in [0.15, 0.2) is 24.2 Å². The molecule has 0 atom stereocenters. The van der Waals surface area contributed by atoms with Gasteiger partial charge in [-0.2, -0.15) is 0 Å². The summed E-state index contributed by atoms with van der Waals surface area (Å²) in [5.41, 5.74) is -0.405. The number of benzene rings is 1. The smallest absolute Gasteiger partial charge is 0.423 e. The Bertz CT molecular complexity index is 356. The van der Waals surface area contributed by atoms with Gasteiger partial charge in [-0.3, -0.25) is 0 Å². The third-order valence-corrected chi connectivity index (χ3v) is 1.22. The quantitative estimate of drug-likeness (QED) is 0.569. The van der Waals surface area contributed by atoms with Gasteiger partial charge in [-0.05, 0) is 6.04 Å². The Hall–Kier alpha value is -0.505. The molecule has 0 aliphatic heterocycles. The summed E-state index contributed by atoms with van der Waals surface area (Å²) >= 11 is 5.54. The molecule has 0 bridgehead atoms. The van der Waals surface area contributed by atoms with Gasteiger partial charge >= 0.3 is 7.12 Å². The van der Waals surface area contributed by atoms with Crippen molar-refractivity contribution in [2.75, 3.05) is 0 Å². The molecule has 0 amide bonds. The Morgan fingerprint density at radius 3 is 2.60 bits per heavy atom. The second-order valence-electron chi connectivity index (χ2n) is 1.60. The highest BCUT2D eigenvalue weighted by Crippen LogP contribution is 2.02. The van der Waals surface area contributed by atoms with Crippen LogP contribution in [-0.2, 0) is 0 Å². The van der Waals surface area contributed by atoms with Gasteiger partial charge in [0.25, 0.3) is 0 Å². The molecular formula is C6H6BClO2. The van der Waals surface area contributed by atoms with E-state index in [9.17, 15) is 0 Å². The summed E-state index contributed by atoms with van der Waals surface area (Å²) in [5.74, 6) is 0. The van der Waals surface area contributed by atoms with Crippen LogP contribution < -0.4 is 5.46 Å². The molecule has 1 rings (SSSR count). The van der Waals surface area contributed by atoms with Crippen molar-refractivity contribution in [3.63, 3.8) is 0 Å². The number of halogens is 1. The fourth-order valence-electron chi connectivity index (χ4n) is 0.485. The Kier molecular flexibility index (Phi) is 1.15. The SMILES string of the molecule is [2H]c1c([2H])c([2H])c(B(O)O)c(Cl)c1[2H]. The summed E-state index contributed by atoms with van der Waals surface area (Å²) in [6.07, 6.45) is 0. The molecule has 0 spiro atoms. The van der Waals surface area contributed by atoms with Crippen molar-refractivity contribution in [1.82, 2.24) is 0 Å². The van der Waals surface area contributed by atoms with Crippen molar-refractivity contribution in [2.45, 2.75) is 0 Å². The van der Waals surface area contributed by atoms with Gasteiger partial charge < -0.3 is 10.0 Å². The topological polar surface area (TPSA) is 40.5 Å². The molecule has 2 N–H and O–H groups in total. The summed E-state index contributed by atoms with van der Waals surface area (Å²) < 4.78 is 29.0. The number of rotatable bonds is 1. The van der Waals surface area contributed by atoms with Crippen LogP contribution in [-0.4, -0.2) is 17.2 Å². The van der Waals surface area contributed by atoms with Gasteiger partial charge in [0.2, 0.25) is 0 Å². The molecule has 0 aromatic heterocycles. The molecule has 0 aliphatic rings. The molecule has 2 nitrogen and oxygen atoms in total. The third-order valence-electron chi connectivity index (χ3n) is 0.927. The van der Waals surface area contributed by atoms with Crippen LogP contribution in [0.4, 0.5) is 0 Å². The summed E-state index contributed by atoms with van der Waals surface area (Å²) in [5, 5.41) is 17.3. The van der Waals surface area contributed by atoms with E-state index in [1.165, 1.54) is 0 Å². The summed E-state index contributed by atoms with van der Waals surface area (Å²) in [4.78, 5) is 0. The zero-order valence-corrected chi connectivity index (χ0v) is 5.61. The minimum absolute atomic E-state index is 0.369. The standard InChI is InChI=1S/C6H6BClO2/c8-6-4-2-1-3-5(6)7(9)10/h1-4,9-10H/i1D,2D,3D,4D. The average molecular weight is 160 g/mol. The Morgan fingerprint density at radius 1 is 1.40 bits per heavy atom. The first-order valence-electron chi connectivity index (χ1n) is 4.49. The Balaban J connectivity index is 3.60. The van der Waals surface area contributed by atoms with E-state index in [0.29, 0.717) is 0 Å². The van der Waals surface area contributed by atoms with E-state index in [1.807, 2.05) is 0 Å². The number of hydrogen-bond donors (Lipinski definition) is 2. The van der Waals surface area contributed by atoms with Gasteiger partial charge in [-0.1, -0.05) is 29.7 Å². The predicted molar refractivity (Wildman–Crippen MR) is 41.3 cm³/mol. The van der Waals surface area contributed by atoms with Crippen LogP contribution in [0.25, 0.3) is 0 Å². The van der Waals surface area contributed by atoms with Crippen LogP contribution in [0.3, 0.4) is 0 Å². The Morgan fingerprint density at radius 2 is 2.00 bits per heavy atom. The van der Waals surface area contributed by atoms with Gasteiger partial charge in [0.15, 0.2) is 0 Å². The molecule has 1 aromatic rings. The van der Waals surface area contributed by atoms with Crippen LogP contribution in [0, 0.1) is 0 Å². The predicted octanol–water partition coefficient (Wildman–Crippen LogP) is 0.0198. The molecule has 10 heavy (non-hydrogen) atoms. The highest BCUT2D eigenvalue weighted by Gasteiger charge is 2.12. The molecule has 52 valence electrons. The molecule has 1 aromatic carbocycles. The maximum atomic E-state index is 8.85. The van der Waals surface area contributed by atoms with Crippen molar-refractivity contribution in [2.24, 2.45) is 0 Å². The fraction of sp³-hybridized carbons (Fsp3) is 0. The van der Waals surface area contributed by atoms with E-state index in [-0.39, 0.29) is 5.02 Å². The van der Waals surface area contributed by atoms with Gasteiger partial charge in [0, 0.05) is 10.5 Å². The van der Waals surface area contributed by atoms with E-state index in [1.54, 1.807) is 0 Å². The van der Waals surface area contributed by atoms with E-state index in [2.05, 4.69) is 0 Å². The second kappa shape index (κ2) is 3.06. The highest BCUT2D eigenvalue weighted by molar-refractivity contribution is 6.62. The largest absolute Gasteiger partial charge is 0.489 e. The highest BCUT2D eigenvalue weighted by atomic mass is 35.5. The van der Waals surface area contributed by atoms with Gasteiger partial charge in [-0.15, -0.1) is 0 Å². The minimum atomic E-state index is -2.01. The lowest BCUT2D eigenvalue weighted by atomic mass is 9.80. The lowest BCUT2D eigenvalue weighted by Gasteiger charge is -1.99. The van der Waals surface area contributed by atoms with E-state index >= 15 is 0 Å². The average Bonchev–Trinajstić information content (AvgIpc) is 2.11. The van der Waals surface area contributed by atoms with E-state index in [4.69, 9.17) is 27.1 Å². The molecular weight excluding hydrogens is 150 g/mol.